The summed E-state index contributed by atoms with van der Waals surface area (Å²) in [5.41, 5.74) is -0.657. The number of urea groups is 1. The number of aliphatic imine (C=N–C) groups is 1. The summed E-state index contributed by atoms with van der Waals surface area (Å²) < 4.78 is 38.4. The maximum Gasteiger partial charge on any atom is 0.416 e. The van der Waals surface area contributed by atoms with Gasteiger partial charge in [0.05, 0.1) is 17.8 Å². The number of amidine groups is 1. The van der Waals surface area contributed by atoms with Crippen molar-refractivity contribution in [1.82, 2.24) is 5.32 Å². The second-order valence-electron chi connectivity index (χ2n) is 4.49. The summed E-state index contributed by atoms with van der Waals surface area (Å²) in [6, 6.07) is 4.13. The molecule has 1 heterocycles. The van der Waals surface area contributed by atoms with Gasteiger partial charge in [-0.2, -0.15) is 13.2 Å². The van der Waals surface area contributed by atoms with Gasteiger partial charge in [-0.05, 0) is 18.2 Å². The molecule has 114 valence electrons. The van der Waals surface area contributed by atoms with Crippen LogP contribution in [0, 0.1) is 0 Å². The fraction of sp³-hybridized carbons (Fsp3) is 0.385. The molecule has 0 bridgehead atoms. The number of amides is 2. The van der Waals surface area contributed by atoms with Crippen LogP contribution in [0.1, 0.15) is 12.5 Å². The number of alkyl halides is 3. The third-order valence-electron chi connectivity index (χ3n) is 2.83. The highest BCUT2D eigenvalue weighted by molar-refractivity contribution is 8.15. The highest BCUT2D eigenvalue weighted by atomic mass is 32.2. The molecule has 0 unspecified atom stereocenters. The van der Waals surface area contributed by atoms with Crippen molar-refractivity contribution in [3.8, 4) is 0 Å². The smallest absolute Gasteiger partial charge is 0.340 e. The van der Waals surface area contributed by atoms with E-state index in [0.717, 1.165) is 12.1 Å². The second kappa shape index (κ2) is 5.97. The molecule has 1 aromatic rings. The van der Waals surface area contributed by atoms with E-state index in [4.69, 9.17) is 0 Å². The molecule has 2 rings (SSSR count). The number of hydrogen-bond donors (Lipinski definition) is 1. The van der Waals surface area contributed by atoms with E-state index in [1.54, 1.807) is 0 Å². The lowest BCUT2D eigenvalue weighted by Gasteiger charge is -2.22. The van der Waals surface area contributed by atoms with Crippen molar-refractivity contribution in [2.45, 2.75) is 18.3 Å². The van der Waals surface area contributed by atoms with E-state index in [-0.39, 0.29) is 10.9 Å². The van der Waals surface area contributed by atoms with Gasteiger partial charge in [0, 0.05) is 12.3 Å². The van der Waals surface area contributed by atoms with E-state index in [1.807, 2.05) is 6.92 Å². The number of halogens is 3. The van der Waals surface area contributed by atoms with Gasteiger partial charge in [-0.15, -0.1) is 0 Å². The minimum Gasteiger partial charge on any atom is -0.340 e. The van der Waals surface area contributed by atoms with Gasteiger partial charge in [-0.3, -0.25) is 4.99 Å². The summed E-state index contributed by atoms with van der Waals surface area (Å²) in [5, 5.41) is 3.02. The monoisotopic (exact) mass is 317 g/mol. The molecule has 1 aliphatic heterocycles. The average molecular weight is 317 g/mol. The molecule has 4 nitrogen and oxygen atoms in total. The highest BCUT2D eigenvalue weighted by Crippen LogP contribution is 2.33. The summed E-state index contributed by atoms with van der Waals surface area (Å²) in [5.74, 6) is 0. The van der Waals surface area contributed by atoms with Crippen molar-refractivity contribution in [2.24, 2.45) is 4.99 Å². The van der Waals surface area contributed by atoms with E-state index in [1.165, 1.54) is 35.8 Å². The minimum atomic E-state index is -4.46. The van der Waals surface area contributed by atoms with E-state index >= 15 is 0 Å². The normalized spacial score (nSPS) is 18.3. The molecule has 0 saturated heterocycles. The molecule has 0 spiro atoms. The van der Waals surface area contributed by atoms with Crippen LogP contribution in [0.15, 0.2) is 29.3 Å². The Labute approximate surface area is 124 Å². The van der Waals surface area contributed by atoms with E-state index in [2.05, 4.69) is 10.3 Å². The Morgan fingerprint density at radius 1 is 1.48 bits per heavy atom. The van der Waals surface area contributed by atoms with Crippen LogP contribution in [0.4, 0.5) is 23.7 Å². The summed E-state index contributed by atoms with van der Waals surface area (Å²) >= 11 is 1.36. The van der Waals surface area contributed by atoms with Gasteiger partial charge in [0.2, 0.25) is 0 Å². The maximum absolute atomic E-state index is 12.8. The predicted molar refractivity (Wildman–Crippen MR) is 77.7 cm³/mol. The topological polar surface area (TPSA) is 44.7 Å². The van der Waals surface area contributed by atoms with Gasteiger partial charge >= 0.3 is 12.2 Å². The number of nitrogens with zero attached hydrogens (tertiary/aromatic N) is 2. The number of thioether (sulfide) groups is 1. The molecule has 1 N–H and O–H groups in total. The largest absolute Gasteiger partial charge is 0.416 e. The van der Waals surface area contributed by atoms with Crippen LogP contribution in [-0.4, -0.2) is 30.0 Å². The maximum atomic E-state index is 12.8. The molecule has 2 amide bonds. The molecule has 1 aliphatic rings. The number of carbonyl (C=O) groups is 1. The zero-order valence-corrected chi connectivity index (χ0v) is 12.3. The zero-order chi connectivity index (χ0) is 15.6. The summed E-state index contributed by atoms with van der Waals surface area (Å²) in [6.45, 7) is 2.47. The molecule has 0 saturated carbocycles. The first-order valence-corrected chi connectivity index (χ1v) is 7.11. The van der Waals surface area contributed by atoms with Gasteiger partial charge in [-0.25, -0.2) is 9.69 Å². The third-order valence-corrected chi connectivity index (χ3v) is 3.90. The van der Waals surface area contributed by atoms with Gasteiger partial charge in [-0.1, -0.05) is 24.8 Å². The van der Waals surface area contributed by atoms with Crippen LogP contribution in [0.25, 0.3) is 0 Å². The highest BCUT2D eigenvalue weighted by Gasteiger charge is 2.32. The molecule has 1 atom stereocenters. The van der Waals surface area contributed by atoms with Crippen LogP contribution in [0.2, 0.25) is 0 Å². The molecular weight excluding hydrogens is 303 g/mol. The summed E-state index contributed by atoms with van der Waals surface area (Å²) in [7, 11) is 1.42. The van der Waals surface area contributed by atoms with Crippen LogP contribution in [-0.2, 0) is 6.18 Å². The lowest BCUT2D eigenvalue weighted by Crippen LogP contribution is -2.41. The number of nitrogens with one attached hydrogen (secondary N) is 1. The lowest BCUT2D eigenvalue weighted by atomic mass is 10.2. The summed E-state index contributed by atoms with van der Waals surface area (Å²) in [4.78, 5) is 17.4. The lowest BCUT2D eigenvalue weighted by molar-refractivity contribution is -0.137. The fourth-order valence-corrected chi connectivity index (χ4v) is 2.78. The second-order valence-corrected chi connectivity index (χ2v) is 5.90. The Bertz CT molecular complexity index is 574. The van der Waals surface area contributed by atoms with Crippen LogP contribution in [0.5, 0.6) is 0 Å². The average Bonchev–Trinajstić information content (AvgIpc) is 2.84. The number of rotatable bonds is 1. The van der Waals surface area contributed by atoms with Gasteiger partial charge < -0.3 is 5.32 Å². The third kappa shape index (κ3) is 3.49. The molecule has 1 aromatic carbocycles. The molecule has 0 aliphatic carbocycles. The Morgan fingerprint density at radius 3 is 2.71 bits per heavy atom. The first-order chi connectivity index (χ1) is 9.82. The SMILES string of the molecule is CNC(=O)N(C1=NC[C@@H](C)S1)c1cccc(C(F)(F)F)c1. The van der Waals surface area contributed by atoms with E-state index in [0.29, 0.717) is 11.7 Å². The number of hydrogen-bond acceptors (Lipinski definition) is 3. The summed E-state index contributed by atoms with van der Waals surface area (Å²) in [6.07, 6.45) is -4.46. The number of carbonyl (C=O) groups excluding carboxylic acids is 1. The van der Waals surface area contributed by atoms with Crippen LogP contribution >= 0.6 is 11.8 Å². The first-order valence-electron chi connectivity index (χ1n) is 6.23. The van der Waals surface area contributed by atoms with Crippen molar-refractivity contribution in [1.29, 1.82) is 0 Å². The molecule has 0 aromatic heterocycles. The van der Waals surface area contributed by atoms with Crippen molar-refractivity contribution in [3.05, 3.63) is 29.8 Å². The molecule has 0 radical (unpaired) electrons. The Hall–Kier alpha value is -1.70. The molecule has 8 heteroatoms. The standard InChI is InChI=1S/C13H14F3N3OS/c1-8-7-18-12(21-8)19(11(20)17-2)10-5-3-4-9(6-10)13(14,15)16/h3-6,8H,7H2,1-2H3,(H,17,20)/t8-/m1/s1. The van der Waals surface area contributed by atoms with Crippen molar-refractivity contribution < 1.29 is 18.0 Å². The van der Waals surface area contributed by atoms with Crippen molar-refractivity contribution in [2.75, 3.05) is 18.5 Å². The Morgan fingerprint density at radius 2 is 2.19 bits per heavy atom. The van der Waals surface area contributed by atoms with Crippen molar-refractivity contribution in [3.63, 3.8) is 0 Å². The number of anilines is 1. The minimum absolute atomic E-state index is 0.143. The first kappa shape index (κ1) is 15.7. The van der Waals surface area contributed by atoms with Gasteiger partial charge in [0.15, 0.2) is 5.17 Å². The molecule has 21 heavy (non-hydrogen) atoms. The van der Waals surface area contributed by atoms with Crippen molar-refractivity contribution >= 4 is 28.6 Å². The van der Waals surface area contributed by atoms with Crippen LogP contribution in [0.3, 0.4) is 0 Å². The fourth-order valence-electron chi connectivity index (χ4n) is 1.83. The van der Waals surface area contributed by atoms with Gasteiger partial charge in [0.1, 0.15) is 0 Å². The van der Waals surface area contributed by atoms with Gasteiger partial charge in [0.25, 0.3) is 0 Å². The zero-order valence-electron chi connectivity index (χ0n) is 11.4. The molecular formula is C13H14F3N3OS. The predicted octanol–water partition coefficient (Wildman–Crippen LogP) is 3.34. The molecule has 0 fully saturated rings. The Kier molecular flexibility index (Phi) is 4.46. The van der Waals surface area contributed by atoms with E-state index in [9.17, 15) is 18.0 Å². The Balaban J connectivity index is 2.40. The van der Waals surface area contributed by atoms with E-state index < -0.39 is 17.8 Å². The van der Waals surface area contributed by atoms with Crippen LogP contribution < -0.4 is 10.2 Å². The quantitative estimate of drug-likeness (QED) is 0.863. The number of benzene rings is 1.